The molecule has 0 rings (SSSR count). The van der Waals surface area contributed by atoms with E-state index in [1.807, 2.05) is 0 Å². The quantitative estimate of drug-likeness (QED) is 0.223. The van der Waals surface area contributed by atoms with Gasteiger partial charge in [-0.05, 0) is 0 Å². The van der Waals surface area contributed by atoms with Gasteiger partial charge >= 0.3 is 97.4 Å². The Morgan fingerprint density at radius 1 is 0.133 bits per heavy atom. The summed E-state index contributed by atoms with van der Waals surface area (Å²) in [4.78, 5) is 0. The first kappa shape index (κ1) is 233. The molecular formula is Cl10Zn5. The SMILES string of the molecule is [Cl-].[Cl-].[Cl-].[Cl-].[Cl-].[Cl-].[Cl-].[Cl-].[Cl-].[Cl-].[Zn+2].[Zn+2].[Zn+2].[Zn+2].[Zn+2]. The van der Waals surface area contributed by atoms with E-state index < -0.39 is 0 Å². The average molecular weight is 681 g/mol. The monoisotopic (exact) mass is 669 g/mol. The predicted molar refractivity (Wildman–Crippen MR) is 0 cm³/mol. The number of halogens is 10. The van der Waals surface area contributed by atoms with Crippen LogP contribution in [0.1, 0.15) is 0 Å². The first-order chi connectivity index (χ1) is 0. The Bertz CT molecular complexity index is 13.8. The molecule has 15 heteroatoms. The molecule has 0 saturated heterocycles. The van der Waals surface area contributed by atoms with E-state index in [0.29, 0.717) is 0 Å². The van der Waals surface area contributed by atoms with Crippen LogP contribution in [0, 0.1) is 0 Å². The van der Waals surface area contributed by atoms with Crippen molar-refractivity contribution in [2.45, 2.75) is 0 Å². The van der Waals surface area contributed by atoms with Gasteiger partial charge in [0.1, 0.15) is 0 Å². The third kappa shape index (κ3) is 179. The molecule has 0 amide bonds. The largest absolute Gasteiger partial charge is 2.00 e. The van der Waals surface area contributed by atoms with Crippen LogP contribution in [0.3, 0.4) is 0 Å². The van der Waals surface area contributed by atoms with Crippen LogP contribution in [0.5, 0.6) is 0 Å². The molecule has 15 heavy (non-hydrogen) atoms. The fourth-order valence-corrected chi connectivity index (χ4v) is 0. The smallest absolute Gasteiger partial charge is 1.00 e. The van der Waals surface area contributed by atoms with Gasteiger partial charge in [0, 0.05) is 0 Å². The van der Waals surface area contributed by atoms with Gasteiger partial charge in [-0.2, -0.15) is 0 Å². The van der Waals surface area contributed by atoms with Gasteiger partial charge in [0.2, 0.25) is 0 Å². The zero-order valence-corrected chi connectivity index (χ0v) is 29.7. The van der Waals surface area contributed by atoms with Crippen molar-refractivity contribution in [2.24, 2.45) is 0 Å². The van der Waals surface area contributed by atoms with Gasteiger partial charge in [-0.25, -0.2) is 0 Å². The first-order valence-corrected chi connectivity index (χ1v) is 0. The van der Waals surface area contributed by atoms with Gasteiger partial charge in [0.05, 0.1) is 0 Å². The third-order valence-electron chi connectivity index (χ3n) is 0. The number of hydrogen-bond acceptors (Lipinski definition) is 0. The maximum absolute atomic E-state index is 0. The second kappa shape index (κ2) is 200. The molecule has 0 radical (unpaired) electrons. The minimum absolute atomic E-state index is 0. The summed E-state index contributed by atoms with van der Waals surface area (Å²) in [6.45, 7) is 0. The molecule has 0 aliphatic heterocycles. The molecule has 0 unspecified atom stereocenters. The molecule has 0 aliphatic rings. The van der Waals surface area contributed by atoms with Gasteiger partial charge in [-0.1, -0.05) is 0 Å². The molecule has 0 aromatic rings. The standard InChI is InChI=1S/10ClH.5Zn/h10*1H;;;;;/q;;;;;;;;;;5*+2/p-10. The van der Waals surface area contributed by atoms with Crippen molar-refractivity contribution in [3.05, 3.63) is 0 Å². The molecule has 0 fully saturated rings. The number of rotatable bonds is 0. The Morgan fingerprint density at radius 3 is 0.133 bits per heavy atom. The van der Waals surface area contributed by atoms with Crippen LogP contribution in [-0.4, -0.2) is 0 Å². The van der Waals surface area contributed by atoms with Crippen LogP contribution in [0.25, 0.3) is 0 Å². The zero-order chi connectivity index (χ0) is 0. The molecule has 0 aliphatic carbocycles. The molecule has 0 N–H and O–H groups in total. The second-order valence-electron chi connectivity index (χ2n) is 0. The van der Waals surface area contributed by atoms with E-state index in [1.54, 1.807) is 0 Å². The van der Waals surface area contributed by atoms with E-state index in [9.17, 15) is 0 Å². The molecule has 0 heterocycles. The van der Waals surface area contributed by atoms with Crippen molar-refractivity contribution in [3.63, 3.8) is 0 Å². The fourth-order valence-electron chi connectivity index (χ4n) is 0. The molecule has 0 spiro atoms. The molecule has 0 bridgehead atoms. The van der Waals surface area contributed by atoms with Crippen molar-refractivity contribution in [1.82, 2.24) is 0 Å². The minimum Gasteiger partial charge on any atom is -1.00 e. The van der Waals surface area contributed by atoms with E-state index in [1.165, 1.54) is 0 Å². The summed E-state index contributed by atoms with van der Waals surface area (Å²) in [6.07, 6.45) is 0. The first-order valence-electron chi connectivity index (χ1n) is 0. The fraction of sp³-hybridized carbons (Fsp3) is 0. The van der Waals surface area contributed by atoms with Crippen molar-refractivity contribution in [1.29, 1.82) is 0 Å². The summed E-state index contributed by atoms with van der Waals surface area (Å²) in [5.74, 6) is 0. The molecular weight excluding hydrogens is 681 g/mol. The molecule has 80 valence electrons. The van der Waals surface area contributed by atoms with Crippen LogP contribution in [0.4, 0.5) is 0 Å². The van der Waals surface area contributed by atoms with Crippen LogP contribution >= 0.6 is 0 Å². The van der Waals surface area contributed by atoms with Gasteiger partial charge < -0.3 is 124 Å². The Morgan fingerprint density at radius 2 is 0.133 bits per heavy atom. The topological polar surface area (TPSA) is 0 Å². The molecule has 0 saturated carbocycles. The third-order valence-corrected chi connectivity index (χ3v) is 0. The maximum Gasteiger partial charge on any atom is 2.00 e. The van der Waals surface area contributed by atoms with Gasteiger partial charge in [0.15, 0.2) is 0 Å². The van der Waals surface area contributed by atoms with Crippen LogP contribution < -0.4 is 124 Å². The summed E-state index contributed by atoms with van der Waals surface area (Å²) in [5.41, 5.74) is 0. The second-order valence-corrected chi connectivity index (χ2v) is 0. The molecule has 0 nitrogen and oxygen atoms in total. The normalized spacial score (nSPS) is 0. The summed E-state index contributed by atoms with van der Waals surface area (Å²) < 4.78 is 0. The van der Waals surface area contributed by atoms with E-state index in [-0.39, 0.29) is 221 Å². The van der Waals surface area contributed by atoms with E-state index in [4.69, 9.17) is 0 Å². The van der Waals surface area contributed by atoms with Crippen LogP contribution in [-0.2, 0) is 97.4 Å². The van der Waals surface area contributed by atoms with E-state index in [2.05, 4.69) is 0 Å². The van der Waals surface area contributed by atoms with Crippen LogP contribution in [0.15, 0.2) is 0 Å². The van der Waals surface area contributed by atoms with Crippen molar-refractivity contribution < 1.29 is 221 Å². The summed E-state index contributed by atoms with van der Waals surface area (Å²) >= 11 is 0. The minimum atomic E-state index is 0. The zero-order valence-electron chi connectivity index (χ0n) is 7.32. The Hall–Kier alpha value is 6.02. The average Bonchev–Trinajstić information content (AvgIpc) is 0. The molecule has 0 aromatic heterocycles. The van der Waals surface area contributed by atoms with E-state index >= 15 is 0 Å². The molecule has 0 aromatic carbocycles. The molecule has 0 atom stereocenters. The maximum atomic E-state index is 0. The Balaban J connectivity index is 0. The Labute approximate surface area is 217 Å². The predicted octanol–water partition coefficient (Wildman–Crippen LogP) is -30.0. The summed E-state index contributed by atoms with van der Waals surface area (Å²) in [5, 5.41) is 0. The summed E-state index contributed by atoms with van der Waals surface area (Å²) in [7, 11) is 0. The van der Waals surface area contributed by atoms with Gasteiger partial charge in [-0.3, -0.25) is 0 Å². The van der Waals surface area contributed by atoms with Crippen molar-refractivity contribution in [3.8, 4) is 0 Å². The van der Waals surface area contributed by atoms with Gasteiger partial charge in [0.25, 0.3) is 0 Å². The number of hydrogen-bond donors (Lipinski definition) is 0. The van der Waals surface area contributed by atoms with E-state index in [0.717, 1.165) is 0 Å². The Kier molecular flexibility index (Phi) is 3100. The summed E-state index contributed by atoms with van der Waals surface area (Å²) in [6, 6.07) is 0. The van der Waals surface area contributed by atoms with Crippen molar-refractivity contribution in [2.75, 3.05) is 0 Å². The van der Waals surface area contributed by atoms with Gasteiger partial charge in [-0.15, -0.1) is 0 Å². The van der Waals surface area contributed by atoms with Crippen LogP contribution in [0.2, 0.25) is 0 Å². The van der Waals surface area contributed by atoms with Crippen molar-refractivity contribution >= 4 is 0 Å².